The van der Waals surface area contributed by atoms with Crippen molar-refractivity contribution in [3.63, 3.8) is 0 Å². The molecular formula is C15H25NO2. The lowest BCUT2D eigenvalue weighted by Crippen LogP contribution is -2.15. The average Bonchev–Trinajstić information content (AvgIpc) is 2.40. The Labute approximate surface area is 110 Å². The average molecular weight is 251 g/mol. The molecule has 0 saturated heterocycles. The number of benzene rings is 1. The van der Waals surface area contributed by atoms with Crippen molar-refractivity contribution in [2.24, 2.45) is 0 Å². The molecule has 0 radical (unpaired) electrons. The number of hydrogen-bond donors (Lipinski definition) is 1. The minimum Gasteiger partial charge on any atom is -0.379 e. The van der Waals surface area contributed by atoms with E-state index >= 15 is 0 Å². The highest BCUT2D eigenvalue weighted by atomic mass is 16.5. The van der Waals surface area contributed by atoms with Crippen LogP contribution >= 0.6 is 0 Å². The van der Waals surface area contributed by atoms with E-state index < -0.39 is 0 Å². The van der Waals surface area contributed by atoms with Crippen LogP contribution in [0.2, 0.25) is 0 Å². The summed E-state index contributed by atoms with van der Waals surface area (Å²) in [5.41, 5.74) is 2.59. The second-order valence-corrected chi connectivity index (χ2v) is 4.17. The number of nitrogens with one attached hydrogen (secondary N) is 1. The van der Waals surface area contributed by atoms with Crippen LogP contribution in [0.3, 0.4) is 0 Å². The molecule has 0 aliphatic rings. The first-order chi connectivity index (χ1) is 8.86. The van der Waals surface area contributed by atoms with Gasteiger partial charge < -0.3 is 14.8 Å². The zero-order valence-electron chi connectivity index (χ0n) is 11.6. The molecule has 3 nitrogen and oxygen atoms in total. The number of likely N-dealkylation sites (N-methyl/N-ethyl adjacent to an activating group) is 1. The molecule has 0 amide bonds. The van der Waals surface area contributed by atoms with Gasteiger partial charge in [0.25, 0.3) is 0 Å². The van der Waals surface area contributed by atoms with Gasteiger partial charge in [0.1, 0.15) is 0 Å². The smallest absolute Gasteiger partial charge is 0.0718 e. The first-order valence-electron chi connectivity index (χ1n) is 6.80. The van der Waals surface area contributed by atoms with Crippen molar-refractivity contribution in [3.8, 4) is 0 Å². The van der Waals surface area contributed by atoms with Crippen molar-refractivity contribution < 1.29 is 9.47 Å². The second-order valence-electron chi connectivity index (χ2n) is 4.17. The molecule has 0 bridgehead atoms. The van der Waals surface area contributed by atoms with Gasteiger partial charge in [0, 0.05) is 6.61 Å². The van der Waals surface area contributed by atoms with E-state index in [2.05, 4.69) is 36.5 Å². The third kappa shape index (κ3) is 6.74. The van der Waals surface area contributed by atoms with E-state index in [4.69, 9.17) is 9.47 Å². The van der Waals surface area contributed by atoms with E-state index in [0.29, 0.717) is 19.8 Å². The molecule has 0 aromatic heterocycles. The summed E-state index contributed by atoms with van der Waals surface area (Å²) in [6.07, 6.45) is 1.08. The summed E-state index contributed by atoms with van der Waals surface area (Å²) in [5.74, 6) is 0. The van der Waals surface area contributed by atoms with Crippen LogP contribution in [0.4, 0.5) is 0 Å². The highest BCUT2D eigenvalue weighted by Crippen LogP contribution is 2.06. The minimum atomic E-state index is 0.663. The Kier molecular flexibility index (Phi) is 8.47. The van der Waals surface area contributed by atoms with Crippen molar-refractivity contribution in [2.75, 3.05) is 32.9 Å². The van der Waals surface area contributed by atoms with Crippen molar-refractivity contribution in [1.82, 2.24) is 5.32 Å². The SMILES string of the molecule is CCNCCc1ccc(COCCOCC)cc1. The van der Waals surface area contributed by atoms with Crippen LogP contribution in [0.15, 0.2) is 24.3 Å². The molecule has 1 aromatic carbocycles. The predicted molar refractivity (Wildman–Crippen MR) is 74.8 cm³/mol. The molecule has 0 aliphatic heterocycles. The Morgan fingerprint density at radius 3 is 2.28 bits per heavy atom. The summed E-state index contributed by atoms with van der Waals surface area (Å²) >= 11 is 0. The lowest BCUT2D eigenvalue weighted by Gasteiger charge is -2.06. The molecule has 18 heavy (non-hydrogen) atoms. The third-order valence-corrected chi connectivity index (χ3v) is 2.71. The van der Waals surface area contributed by atoms with Gasteiger partial charge in [0.2, 0.25) is 0 Å². The molecule has 3 heteroatoms. The minimum absolute atomic E-state index is 0.663. The standard InChI is InChI=1S/C15H25NO2/c1-3-16-10-9-14-5-7-15(8-6-14)13-18-12-11-17-4-2/h5-8,16H,3-4,9-13H2,1-2H3. The zero-order chi connectivity index (χ0) is 13.1. The summed E-state index contributed by atoms with van der Waals surface area (Å²) in [5, 5.41) is 3.33. The van der Waals surface area contributed by atoms with Crippen LogP contribution in [-0.4, -0.2) is 32.9 Å². The van der Waals surface area contributed by atoms with Gasteiger partial charge in [0.05, 0.1) is 19.8 Å². The highest BCUT2D eigenvalue weighted by molar-refractivity contribution is 5.22. The Hall–Kier alpha value is -0.900. The molecule has 102 valence electrons. The molecule has 0 saturated carbocycles. The Bertz CT molecular complexity index is 298. The fourth-order valence-electron chi connectivity index (χ4n) is 1.66. The summed E-state index contributed by atoms with van der Waals surface area (Å²) in [6, 6.07) is 8.64. The molecular weight excluding hydrogens is 226 g/mol. The Morgan fingerprint density at radius 1 is 0.944 bits per heavy atom. The van der Waals surface area contributed by atoms with E-state index in [1.807, 2.05) is 6.92 Å². The van der Waals surface area contributed by atoms with Gasteiger partial charge in [-0.3, -0.25) is 0 Å². The molecule has 0 atom stereocenters. The van der Waals surface area contributed by atoms with E-state index in [9.17, 15) is 0 Å². The van der Waals surface area contributed by atoms with Gasteiger partial charge in [-0.15, -0.1) is 0 Å². The van der Waals surface area contributed by atoms with Gasteiger partial charge >= 0.3 is 0 Å². The lowest BCUT2D eigenvalue weighted by atomic mass is 10.1. The number of ether oxygens (including phenoxy) is 2. The van der Waals surface area contributed by atoms with Gasteiger partial charge in [0.15, 0.2) is 0 Å². The van der Waals surface area contributed by atoms with E-state index in [1.54, 1.807) is 0 Å². The molecule has 0 spiro atoms. The van der Waals surface area contributed by atoms with E-state index in [0.717, 1.165) is 26.1 Å². The van der Waals surface area contributed by atoms with Crippen LogP contribution in [-0.2, 0) is 22.5 Å². The van der Waals surface area contributed by atoms with Crippen molar-refractivity contribution >= 4 is 0 Å². The maximum Gasteiger partial charge on any atom is 0.0718 e. The fourth-order valence-corrected chi connectivity index (χ4v) is 1.66. The molecule has 0 fully saturated rings. The first kappa shape index (κ1) is 15.2. The summed E-state index contributed by atoms with van der Waals surface area (Å²) < 4.78 is 10.7. The monoisotopic (exact) mass is 251 g/mol. The largest absolute Gasteiger partial charge is 0.379 e. The van der Waals surface area contributed by atoms with Crippen LogP contribution < -0.4 is 5.32 Å². The number of hydrogen-bond acceptors (Lipinski definition) is 3. The number of rotatable bonds is 10. The quantitative estimate of drug-likeness (QED) is 0.648. The van der Waals surface area contributed by atoms with Crippen molar-refractivity contribution in [3.05, 3.63) is 35.4 Å². The van der Waals surface area contributed by atoms with Gasteiger partial charge in [-0.2, -0.15) is 0 Å². The van der Waals surface area contributed by atoms with Crippen LogP contribution in [0, 0.1) is 0 Å². The first-order valence-corrected chi connectivity index (χ1v) is 6.80. The molecule has 1 N–H and O–H groups in total. The second kappa shape index (κ2) is 10.1. The zero-order valence-corrected chi connectivity index (χ0v) is 11.6. The van der Waals surface area contributed by atoms with Gasteiger partial charge in [-0.1, -0.05) is 31.2 Å². The third-order valence-electron chi connectivity index (χ3n) is 2.71. The topological polar surface area (TPSA) is 30.5 Å². The van der Waals surface area contributed by atoms with E-state index in [1.165, 1.54) is 11.1 Å². The molecule has 1 aromatic rings. The summed E-state index contributed by atoms with van der Waals surface area (Å²) in [4.78, 5) is 0. The van der Waals surface area contributed by atoms with Crippen LogP contribution in [0.25, 0.3) is 0 Å². The maximum absolute atomic E-state index is 5.52. The lowest BCUT2D eigenvalue weighted by molar-refractivity contribution is 0.0453. The molecule has 1 rings (SSSR count). The summed E-state index contributed by atoms with van der Waals surface area (Å²) in [6.45, 7) is 8.96. The predicted octanol–water partition coefficient (Wildman–Crippen LogP) is 2.39. The van der Waals surface area contributed by atoms with Crippen molar-refractivity contribution in [1.29, 1.82) is 0 Å². The van der Waals surface area contributed by atoms with Crippen LogP contribution in [0.5, 0.6) is 0 Å². The Balaban J connectivity index is 2.19. The molecule has 0 unspecified atom stereocenters. The van der Waals surface area contributed by atoms with Gasteiger partial charge in [-0.25, -0.2) is 0 Å². The maximum atomic E-state index is 5.52. The van der Waals surface area contributed by atoms with E-state index in [-0.39, 0.29) is 0 Å². The fraction of sp³-hybridized carbons (Fsp3) is 0.600. The van der Waals surface area contributed by atoms with Crippen molar-refractivity contribution in [2.45, 2.75) is 26.9 Å². The normalized spacial score (nSPS) is 10.8. The summed E-state index contributed by atoms with van der Waals surface area (Å²) in [7, 11) is 0. The highest BCUT2D eigenvalue weighted by Gasteiger charge is 1.96. The molecule has 0 aliphatic carbocycles. The van der Waals surface area contributed by atoms with Gasteiger partial charge in [-0.05, 0) is 37.6 Å². The Morgan fingerprint density at radius 2 is 1.61 bits per heavy atom. The molecule has 0 heterocycles. The van der Waals surface area contributed by atoms with Crippen LogP contribution in [0.1, 0.15) is 25.0 Å².